The van der Waals surface area contributed by atoms with E-state index in [4.69, 9.17) is 4.99 Å². The molecule has 2 heteroatoms. The number of allylic oxidation sites excluding steroid dienone is 2. The van der Waals surface area contributed by atoms with E-state index in [1.54, 1.807) is 0 Å². The minimum absolute atomic E-state index is 0.707. The van der Waals surface area contributed by atoms with Gasteiger partial charge in [0, 0.05) is 27.6 Å². The lowest BCUT2D eigenvalue weighted by atomic mass is 9.95. The van der Waals surface area contributed by atoms with Gasteiger partial charge in [-0.3, -0.25) is 0 Å². The van der Waals surface area contributed by atoms with Gasteiger partial charge in [0.1, 0.15) is 0 Å². The Morgan fingerprint density at radius 3 is 1.47 bits per heavy atom. The molecule has 0 aliphatic carbocycles. The second-order valence-corrected chi connectivity index (χ2v) is 14.2. The van der Waals surface area contributed by atoms with Crippen LogP contribution < -0.4 is 0 Å². The van der Waals surface area contributed by atoms with Gasteiger partial charge in [0.15, 0.2) is 0 Å². The van der Waals surface area contributed by atoms with Gasteiger partial charge >= 0.3 is 0 Å². The fraction of sp³-hybridized carbons (Fsp3) is 0.0536. The van der Waals surface area contributed by atoms with E-state index in [0.29, 0.717) is 5.70 Å². The summed E-state index contributed by atoms with van der Waals surface area (Å²) in [5.74, 6) is 0. The molecule has 58 heavy (non-hydrogen) atoms. The standard InChI is InChI=1S/C54H40N2.C2H6/c1-38(43-24-16-25-44(33-43)45-26-17-27-49(37-45)56-53-30-14-12-28-50(53)51-29-13-15-31-54(51)56)32-52(42-22-10-5-11-23-42)55-39(2)46-34-47(40-18-6-3-7-19-40)36-48(35-46)41-20-8-4-9-21-41;1-2/h3-37H,2H2,1H3;1-2H3/b38-32+,55-52?;. The van der Waals surface area contributed by atoms with Crippen LogP contribution in [-0.2, 0) is 0 Å². The molecule has 0 bridgehead atoms. The van der Waals surface area contributed by atoms with Crippen molar-refractivity contribution in [2.45, 2.75) is 20.8 Å². The molecule has 9 aromatic rings. The van der Waals surface area contributed by atoms with Crippen LogP contribution in [0, 0.1) is 0 Å². The molecule has 0 aliphatic rings. The monoisotopic (exact) mass is 746 g/mol. The van der Waals surface area contributed by atoms with Crippen LogP contribution in [0.1, 0.15) is 37.5 Å². The molecule has 0 amide bonds. The van der Waals surface area contributed by atoms with Gasteiger partial charge in [-0.1, -0.05) is 178 Å². The summed E-state index contributed by atoms with van der Waals surface area (Å²) in [5.41, 5.74) is 16.3. The average Bonchev–Trinajstić information content (AvgIpc) is 3.64. The van der Waals surface area contributed by atoms with Gasteiger partial charge in [-0.25, -0.2) is 4.99 Å². The van der Waals surface area contributed by atoms with E-state index in [0.717, 1.165) is 67.0 Å². The second-order valence-electron chi connectivity index (χ2n) is 14.2. The third-order valence-corrected chi connectivity index (χ3v) is 10.5. The predicted molar refractivity (Wildman–Crippen MR) is 251 cm³/mol. The van der Waals surface area contributed by atoms with Crippen molar-refractivity contribution in [1.29, 1.82) is 0 Å². The van der Waals surface area contributed by atoms with Crippen LogP contribution in [-0.4, -0.2) is 10.3 Å². The van der Waals surface area contributed by atoms with Gasteiger partial charge in [-0.2, -0.15) is 0 Å². The number of aromatic nitrogens is 1. The molecule has 0 spiro atoms. The fourth-order valence-electron chi connectivity index (χ4n) is 7.65. The van der Waals surface area contributed by atoms with E-state index in [1.807, 2.05) is 19.9 Å². The third-order valence-electron chi connectivity index (χ3n) is 10.5. The maximum absolute atomic E-state index is 5.27. The summed E-state index contributed by atoms with van der Waals surface area (Å²) in [7, 11) is 0. The number of nitrogens with zero attached hydrogens (tertiary/aromatic N) is 2. The highest BCUT2D eigenvalue weighted by Gasteiger charge is 2.13. The smallest absolute Gasteiger partial charge is 0.0712 e. The summed E-state index contributed by atoms with van der Waals surface area (Å²) in [4.78, 5) is 5.27. The lowest BCUT2D eigenvalue weighted by molar-refractivity contribution is 1.18. The normalized spacial score (nSPS) is 11.6. The van der Waals surface area contributed by atoms with Gasteiger partial charge in [-0.05, 0) is 106 Å². The number of hydrogen-bond donors (Lipinski definition) is 0. The Morgan fingerprint density at radius 2 is 0.879 bits per heavy atom. The number of fused-ring (bicyclic) bond motifs is 3. The van der Waals surface area contributed by atoms with Crippen LogP contribution in [0.2, 0.25) is 0 Å². The topological polar surface area (TPSA) is 17.3 Å². The van der Waals surface area contributed by atoms with Crippen LogP contribution in [0.3, 0.4) is 0 Å². The summed E-state index contributed by atoms with van der Waals surface area (Å²) >= 11 is 0. The zero-order valence-electron chi connectivity index (χ0n) is 33.3. The molecule has 0 aliphatic heterocycles. The number of para-hydroxylation sites is 2. The van der Waals surface area contributed by atoms with Crippen LogP contribution in [0.15, 0.2) is 224 Å². The Balaban J connectivity index is 0.00000231. The molecule has 0 saturated carbocycles. The molecule has 1 aromatic heterocycles. The number of hydrogen-bond acceptors (Lipinski definition) is 1. The molecule has 0 atom stereocenters. The van der Waals surface area contributed by atoms with Gasteiger partial charge in [0.25, 0.3) is 0 Å². The van der Waals surface area contributed by atoms with Crippen molar-refractivity contribution >= 4 is 38.8 Å². The predicted octanol–water partition coefficient (Wildman–Crippen LogP) is 15.4. The molecule has 1 heterocycles. The van der Waals surface area contributed by atoms with Crippen LogP contribution in [0.4, 0.5) is 0 Å². The van der Waals surface area contributed by atoms with E-state index < -0.39 is 0 Å². The lowest BCUT2D eigenvalue weighted by Crippen LogP contribution is -1.99. The molecule has 0 N–H and O–H groups in total. The fourth-order valence-corrected chi connectivity index (χ4v) is 7.65. The lowest BCUT2D eigenvalue weighted by Gasteiger charge is -2.13. The highest BCUT2D eigenvalue weighted by atomic mass is 15.0. The van der Waals surface area contributed by atoms with Crippen molar-refractivity contribution in [1.82, 2.24) is 4.57 Å². The first-order chi connectivity index (χ1) is 28.6. The third kappa shape index (κ3) is 7.87. The zero-order chi connectivity index (χ0) is 39.8. The summed E-state index contributed by atoms with van der Waals surface area (Å²) in [6, 6.07) is 73.0. The molecule has 9 rings (SSSR count). The average molecular weight is 747 g/mol. The van der Waals surface area contributed by atoms with E-state index >= 15 is 0 Å². The highest BCUT2D eigenvalue weighted by Crippen LogP contribution is 2.35. The zero-order valence-corrected chi connectivity index (χ0v) is 33.3. The summed E-state index contributed by atoms with van der Waals surface area (Å²) in [6.45, 7) is 10.7. The Kier molecular flexibility index (Phi) is 11.2. The van der Waals surface area contributed by atoms with Crippen LogP contribution in [0.25, 0.3) is 72.1 Å². The van der Waals surface area contributed by atoms with Crippen molar-refractivity contribution in [2.75, 3.05) is 0 Å². The van der Waals surface area contributed by atoms with Crippen molar-refractivity contribution in [3.8, 4) is 39.1 Å². The number of benzene rings is 8. The highest BCUT2D eigenvalue weighted by molar-refractivity contribution is 6.14. The second kappa shape index (κ2) is 17.2. The van der Waals surface area contributed by atoms with E-state index in [-0.39, 0.29) is 0 Å². The molecular weight excluding hydrogens is 701 g/mol. The molecule has 0 radical (unpaired) electrons. The van der Waals surface area contributed by atoms with Crippen molar-refractivity contribution in [2.24, 2.45) is 4.99 Å². The van der Waals surface area contributed by atoms with E-state index in [9.17, 15) is 0 Å². The van der Waals surface area contributed by atoms with E-state index in [1.165, 1.54) is 21.8 Å². The SMILES string of the molecule is C=C(N=C(/C=C(\C)c1cccc(-c2cccc(-n3c4ccccc4c4ccccc43)c2)c1)c1ccccc1)c1cc(-c2ccccc2)cc(-c2ccccc2)c1.CC. The largest absolute Gasteiger partial charge is 0.309 e. The Labute approximate surface area is 342 Å². The molecule has 2 nitrogen and oxygen atoms in total. The van der Waals surface area contributed by atoms with Crippen molar-refractivity contribution in [3.63, 3.8) is 0 Å². The first-order valence-electron chi connectivity index (χ1n) is 20.1. The van der Waals surface area contributed by atoms with Crippen LogP contribution >= 0.6 is 0 Å². The summed E-state index contributed by atoms with van der Waals surface area (Å²) in [6.07, 6.45) is 2.19. The minimum atomic E-state index is 0.707. The first-order valence-corrected chi connectivity index (χ1v) is 20.1. The molecule has 8 aromatic carbocycles. The molecular formula is C56H46N2. The molecule has 280 valence electrons. The minimum Gasteiger partial charge on any atom is -0.309 e. The van der Waals surface area contributed by atoms with Gasteiger partial charge in [-0.15, -0.1) is 0 Å². The number of aliphatic imine (C=N–C) groups is 1. The Hall–Kier alpha value is -7.29. The Bertz CT molecular complexity index is 2800. The van der Waals surface area contributed by atoms with Gasteiger partial charge < -0.3 is 4.57 Å². The quantitative estimate of drug-likeness (QED) is 0.131. The number of rotatable bonds is 9. The van der Waals surface area contributed by atoms with Crippen molar-refractivity contribution in [3.05, 3.63) is 236 Å². The molecule has 0 unspecified atom stereocenters. The summed E-state index contributed by atoms with van der Waals surface area (Å²) < 4.78 is 2.37. The maximum Gasteiger partial charge on any atom is 0.0712 e. The van der Waals surface area contributed by atoms with Crippen LogP contribution in [0.5, 0.6) is 0 Å². The van der Waals surface area contributed by atoms with Crippen molar-refractivity contribution < 1.29 is 0 Å². The Morgan fingerprint density at radius 1 is 0.431 bits per heavy atom. The maximum atomic E-state index is 5.27. The molecule has 0 fully saturated rings. The first kappa shape index (κ1) is 37.6. The molecule has 0 saturated heterocycles. The van der Waals surface area contributed by atoms with E-state index in [2.05, 4.69) is 224 Å². The summed E-state index contributed by atoms with van der Waals surface area (Å²) in [5, 5.41) is 2.52. The van der Waals surface area contributed by atoms with Gasteiger partial charge in [0.05, 0.1) is 22.4 Å². The van der Waals surface area contributed by atoms with Gasteiger partial charge in [0.2, 0.25) is 0 Å².